The Balaban J connectivity index is 1.79. The van der Waals surface area contributed by atoms with Crippen LogP contribution in [-0.2, 0) is 6.18 Å². The van der Waals surface area contributed by atoms with E-state index in [1.807, 2.05) is 0 Å². The van der Waals surface area contributed by atoms with E-state index in [1.165, 1.54) is 23.1 Å². The predicted octanol–water partition coefficient (Wildman–Crippen LogP) is 3.03. The maximum Gasteiger partial charge on any atom is 0.416 e. The normalized spacial score (nSPS) is 19.7. The van der Waals surface area contributed by atoms with Crippen LogP contribution in [0.5, 0.6) is 0 Å². The van der Waals surface area contributed by atoms with Gasteiger partial charge in [-0.1, -0.05) is 17.3 Å². The summed E-state index contributed by atoms with van der Waals surface area (Å²) in [5.41, 5.74) is 0.174. The van der Waals surface area contributed by atoms with E-state index in [-0.39, 0.29) is 42.2 Å². The lowest BCUT2D eigenvalue weighted by Gasteiger charge is -2.35. The zero-order chi connectivity index (χ0) is 22.3. The van der Waals surface area contributed by atoms with Crippen LogP contribution in [0.4, 0.5) is 13.2 Å². The Kier molecular flexibility index (Phi) is 5.44. The molecule has 1 fully saturated rings. The highest BCUT2D eigenvalue weighted by atomic mass is 19.4. The molecule has 2 N–H and O–H groups in total. The van der Waals surface area contributed by atoms with Gasteiger partial charge in [-0.3, -0.25) is 4.79 Å². The lowest BCUT2D eigenvalue weighted by molar-refractivity contribution is -0.137. The minimum Gasteiger partial charge on any atom is -0.396 e. The fourth-order valence-electron chi connectivity index (χ4n) is 3.82. The van der Waals surface area contributed by atoms with Crippen LogP contribution in [0.3, 0.4) is 0 Å². The summed E-state index contributed by atoms with van der Waals surface area (Å²) in [4.78, 5) is 19.1. The van der Waals surface area contributed by atoms with Crippen LogP contribution in [0.2, 0.25) is 0 Å². The number of amides is 1. The van der Waals surface area contributed by atoms with Gasteiger partial charge < -0.3 is 19.6 Å². The molecule has 0 aliphatic carbocycles. The van der Waals surface area contributed by atoms with Crippen molar-refractivity contribution >= 4 is 17.0 Å². The Labute approximate surface area is 175 Å². The standard InChI is InChI=1S/C21H20F3N3O4/c1-11-18-15(20(30)27-6-5-17(29)13(9-27)10-28)8-16(25-19(18)31-26-11)12-3-2-4-14(7-12)21(22,23)24/h2-4,7-8,13,17,28-29H,5-6,9-10H2,1H3. The maximum absolute atomic E-state index is 13.3. The largest absolute Gasteiger partial charge is 0.416 e. The molecule has 31 heavy (non-hydrogen) atoms. The number of hydrogen-bond donors (Lipinski definition) is 2. The number of nitrogens with zero attached hydrogens (tertiary/aromatic N) is 3. The summed E-state index contributed by atoms with van der Waals surface area (Å²) >= 11 is 0. The quantitative estimate of drug-likeness (QED) is 0.656. The molecule has 3 aromatic rings. The van der Waals surface area contributed by atoms with Crippen molar-refractivity contribution in [2.75, 3.05) is 19.7 Å². The SMILES string of the molecule is Cc1noc2nc(-c3cccc(C(F)(F)F)c3)cc(C(=O)N3CCC(O)C(CO)C3)c12. The molecule has 164 valence electrons. The summed E-state index contributed by atoms with van der Waals surface area (Å²) < 4.78 is 44.6. The van der Waals surface area contributed by atoms with E-state index >= 15 is 0 Å². The summed E-state index contributed by atoms with van der Waals surface area (Å²) in [6.07, 6.45) is -4.91. The van der Waals surface area contributed by atoms with Crippen molar-refractivity contribution < 1.29 is 32.7 Å². The average Bonchev–Trinajstić information content (AvgIpc) is 3.13. The number of aliphatic hydroxyl groups is 2. The Bertz CT molecular complexity index is 1130. The summed E-state index contributed by atoms with van der Waals surface area (Å²) in [6, 6.07) is 6.10. The highest BCUT2D eigenvalue weighted by molar-refractivity contribution is 6.07. The molecule has 4 rings (SSSR count). The first kappa shape index (κ1) is 21.3. The molecule has 1 aliphatic heterocycles. The molecule has 3 heterocycles. The first-order chi connectivity index (χ1) is 14.7. The summed E-state index contributed by atoms with van der Waals surface area (Å²) in [7, 11) is 0. The molecule has 1 saturated heterocycles. The highest BCUT2D eigenvalue weighted by Crippen LogP contribution is 2.34. The zero-order valence-corrected chi connectivity index (χ0v) is 16.6. The van der Waals surface area contributed by atoms with Crippen molar-refractivity contribution in [3.05, 3.63) is 47.2 Å². The second-order valence-corrected chi connectivity index (χ2v) is 7.63. The molecule has 1 aromatic carbocycles. The first-order valence-corrected chi connectivity index (χ1v) is 9.72. The third-order valence-electron chi connectivity index (χ3n) is 5.55. The van der Waals surface area contributed by atoms with E-state index in [2.05, 4.69) is 10.1 Å². The van der Waals surface area contributed by atoms with Crippen LogP contribution in [-0.4, -0.2) is 57.0 Å². The van der Waals surface area contributed by atoms with Gasteiger partial charge >= 0.3 is 6.18 Å². The van der Waals surface area contributed by atoms with Gasteiger partial charge in [-0.2, -0.15) is 13.2 Å². The van der Waals surface area contributed by atoms with Crippen LogP contribution in [0.1, 0.15) is 28.0 Å². The molecule has 2 aromatic heterocycles. The number of aryl methyl sites for hydroxylation is 1. The second kappa shape index (κ2) is 7.93. The fraction of sp³-hybridized carbons (Fsp3) is 0.381. The molecule has 0 bridgehead atoms. The van der Waals surface area contributed by atoms with Gasteiger partial charge in [0.2, 0.25) is 0 Å². The van der Waals surface area contributed by atoms with E-state index in [1.54, 1.807) is 6.92 Å². The van der Waals surface area contributed by atoms with Crippen LogP contribution >= 0.6 is 0 Å². The second-order valence-electron chi connectivity index (χ2n) is 7.63. The molecular weight excluding hydrogens is 415 g/mol. The van der Waals surface area contributed by atoms with Gasteiger partial charge in [0, 0.05) is 24.6 Å². The van der Waals surface area contributed by atoms with Crippen LogP contribution < -0.4 is 0 Å². The molecular formula is C21H20F3N3O4. The molecule has 2 atom stereocenters. The number of aromatic nitrogens is 2. The summed E-state index contributed by atoms with van der Waals surface area (Å²) in [5, 5.41) is 23.7. The molecule has 7 nitrogen and oxygen atoms in total. The monoisotopic (exact) mass is 435 g/mol. The molecule has 1 aliphatic rings. The fourth-order valence-corrected chi connectivity index (χ4v) is 3.82. The average molecular weight is 435 g/mol. The van der Waals surface area contributed by atoms with Crippen molar-refractivity contribution in [1.82, 2.24) is 15.0 Å². The number of likely N-dealkylation sites (tertiary alicyclic amines) is 1. The zero-order valence-electron chi connectivity index (χ0n) is 16.6. The minimum absolute atomic E-state index is 0.0477. The number of carbonyl (C=O) groups is 1. The van der Waals surface area contributed by atoms with E-state index in [9.17, 15) is 28.2 Å². The number of piperidine rings is 1. The molecule has 0 spiro atoms. The summed E-state index contributed by atoms with van der Waals surface area (Å²) in [5.74, 6) is -0.862. The van der Waals surface area contributed by atoms with Crippen LogP contribution in [0.25, 0.3) is 22.4 Å². The molecule has 0 saturated carbocycles. The third-order valence-corrected chi connectivity index (χ3v) is 5.55. The van der Waals surface area contributed by atoms with Gasteiger partial charge in [0.05, 0.1) is 40.6 Å². The van der Waals surface area contributed by atoms with Crippen molar-refractivity contribution in [3.63, 3.8) is 0 Å². The van der Waals surface area contributed by atoms with Crippen molar-refractivity contribution in [3.8, 4) is 11.3 Å². The lowest BCUT2D eigenvalue weighted by Crippen LogP contribution is -2.47. The van der Waals surface area contributed by atoms with E-state index in [0.29, 0.717) is 17.5 Å². The van der Waals surface area contributed by atoms with Crippen molar-refractivity contribution in [1.29, 1.82) is 0 Å². The van der Waals surface area contributed by atoms with E-state index in [4.69, 9.17) is 4.52 Å². The minimum atomic E-state index is -4.52. The number of carbonyl (C=O) groups excluding carboxylic acids is 1. The van der Waals surface area contributed by atoms with Crippen molar-refractivity contribution in [2.24, 2.45) is 5.92 Å². The first-order valence-electron chi connectivity index (χ1n) is 9.72. The predicted molar refractivity (Wildman–Crippen MR) is 104 cm³/mol. The topological polar surface area (TPSA) is 99.7 Å². The smallest absolute Gasteiger partial charge is 0.396 e. The summed E-state index contributed by atoms with van der Waals surface area (Å²) in [6.45, 7) is 1.82. The Hall–Kier alpha value is -2.98. The van der Waals surface area contributed by atoms with Crippen molar-refractivity contribution in [2.45, 2.75) is 25.6 Å². The number of alkyl halides is 3. The molecule has 10 heteroatoms. The third kappa shape index (κ3) is 4.00. The Morgan fingerprint density at radius 3 is 2.81 bits per heavy atom. The number of halogens is 3. The number of rotatable bonds is 3. The Morgan fingerprint density at radius 2 is 2.10 bits per heavy atom. The maximum atomic E-state index is 13.3. The number of benzene rings is 1. The van der Waals surface area contributed by atoms with Gasteiger partial charge in [-0.05, 0) is 31.5 Å². The number of hydrogen-bond acceptors (Lipinski definition) is 6. The van der Waals surface area contributed by atoms with E-state index in [0.717, 1.165) is 12.1 Å². The number of pyridine rings is 1. The van der Waals surface area contributed by atoms with Gasteiger partial charge in [0.15, 0.2) is 0 Å². The van der Waals surface area contributed by atoms with Crippen LogP contribution in [0, 0.1) is 12.8 Å². The molecule has 2 unspecified atom stereocenters. The van der Waals surface area contributed by atoms with Crippen LogP contribution in [0.15, 0.2) is 34.9 Å². The van der Waals surface area contributed by atoms with E-state index < -0.39 is 29.7 Å². The van der Waals surface area contributed by atoms with Gasteiger partial charge in [-0.25, -0.2) is 4.98 Å². The number of aliphatic hydroxyl groups excluding tert-OH is 2. The number of fused-ring (bicyclic) bond motifs is 1. The molecule has 0 radical (unpaired) electrons. The lowest BCUT2D eigenvalue weighted by atomic mass is 9.94. The van der Waals surface area contributed by atoms with Gasteiger partial charge in [0.1, 0.15) is 0 Å². The van der Waals surface area contributed by atoms with Gasteiger partial charge in [-0.15, -0.1) is 0 Å². The highest BCUT2D eigenvalue weighted by Gasteiger charge is 2.33. The molecule has 1 amide bonds. The Morgan fingerprint density at radius 1 is 1.32 bits per heavy atom. The van der Waals surface area contributed by atoms with Gasteiger partial charge in [0.25, 0.3) is 11.6 Å².